The van der Waals surface area contributed by atoms with Crippen LogP contribution in [0, 0.1) is 0 Å². The van der Waals surface area contributed by atoms with E-state index in [1.807, 2.05) is 12.1 Å². The number of aromatic nitrogens is 3. The standard InChI is InChI=1S/C28H31N5OS/c1-18(2)24-14-13-23-27(31-24)29-17-30-28(23)32-25-16-20(33(3)19-6-4-5-7-19)8-15-26(25)35-22-11-9-21(34)10-12-22/h8-19,34H,4-7H2,1-3H3,(H,29,30,31,32). The maximum atomic E-state index is 9.68. The van der Waals surface area contributed by atoms with E-state index in [1.165, 1.54) is 31.4 Å². The third-order valence-electron chi connectivity index (χ3n) is 6.67. The first-order chi connectivity index (χ1) is 17.0. The molecule has 4 aromatic rings. The Balaban J connectivity index is 1.53. The monoisotopic (exact) mass is 485 g/mol. The number of hydrogen-bond acceptors (Lipinski definition) is 7. The Bertz CT molecular complexity index is 1320. The molecule has 2 aromatic carbocycles. The number of fused-ring (bicyclic) bond motifs is 1. The first-order valence-corrected chi connectivity index (χ1v) is 13.0. The van der Waals surface area contributed by atoms with Gasteiger partial charge < -0.3 is 15.3 Å². The summed E-state index contributed by atoms with van der Waals surface area (Å²) in [6, 6.07) is 18.6. The van der Waals surface area contributed by atoms with Crippen LogP contribution in [-0.4, -0.2) is 33.1 Å². The van der Waals surface area contributed by atoms with Crippen molar-refractivity contribution < 1.29 is 5.11 Å². The number of anilines is 3. The van der Waals surface area contributed by atoms with Crippen LogP contribution in [0.3, 0.4) is 0 Å². The molecule has 1 aliphatic carbocycles. The summed E-state index contributed by atoms with van der Waals surface area (Å²) in [5, 5.41) is 14.2. The third kappa shape index (κ3) is 5.20. The van der Waals surface area contributed by atoms with Crippen molar-refractivity contribution >= 4 is 40.0 Å². The Labute approximate surface area is 210 Å². The molecule has 1 saturated carbocycles. The quantitative estimate of drug-likeness (QED) is 0.288. The van der Waals surface area contributed by atoms with Crippen LogP contribution in [0.5, 0.6) is 5.75 Å². The summed E-state index contributed by atoms with van der Waals surface area (Å²) in [6.45, 7) is 4.27. The van der Waals surface area contributed by atoms with Gasteiger partial charge in [0.2, 0.25) is 0 Å². The molecule has 2 heterocycles. The Morgan fingerprint density at radius 3 is 2.51 bits per heavy atom. The van der Waals surface area contributed by atoms with Crippen LogP contribution >= 0.6 is 11.8 Å². The zero-order valence-electron chi connectivity index (χ0n) is 20.4. The fraction of sp³-hybridized carbons (Fsp3) is 0.321. The molecule has 0 radical (unpaired) electrons. The van der Waals surface area contributed by atoms with Crippen molar-refractivity contribution in [3.63, 3.8) is 0 Å². The van der Waals surface area contributed by atoms with E-state index in [0.29, 0.717) is 17.6 Å². The molecule has 180 valence electrons. The summed E-state index contributed by atoms with van der Waals surface area (Å²) < 4.78 is 0. The second-order valence-corrected chi connectivity index (χ2v) is 10.6. The molecule has 35 heavy (non-hydrogen) atoms. The van der Waals surface area contributed by atoms with Gasteiger partial charge in [-0.3, -0.25) is 0 Å². The van der Waals surface area contributed by atoms with E-state index in [2.05, 4.69) is 71.4 Å². The van der Waals surface area contributed by atoms with Crippen molar-refractivity contribution in [2.24, 2.45) is 0 Å². The van der Waals surface area contributed by atoms with E-state index >= 15 is 0 Å². The molecule has 1 fully saturated rings. The highest BCUT2D eigenvalue weighted by Crippen LogP contribution is 2.39. The number of pyridine rings is 1. The predicted octanol–water partition coefficient (Wildman–Crippen LogP) is 7.13. The first-order valence-electron chi connectivity index (χ1n) is 12.2. The van der Waals surface area contributed by atoms with Crippen molar-refractivity contribution in [2.45, 2.75) is 61.3 Å². The molecule has 2 N–H and O–H groups in total. The van der Waals surface area contributed by atoms with E-state index in [9.17, 15) is 5.11 Å². The summed E-state index contributed by atoms with van der Waals surface area (Å²) in [5.41, 5.74) is 3.89. The van der Waals surface area contributed by atoms with Gasteiger partial charge >= 0.3 is 0 Å². The molecule has 6 nitrogen and oxygen atoms in total. The molecule has 1 aliphatic rings. The SMILES string of the molecule is CC(C)c1ccc2c(Nc3cc(N(C)C4CCCC4)ccc3Sc3ccc(O)cc3)ncnc2n1. The van der Waals surface area contributed by atoms with Crippen LogP contribution in [0.15, 0.2) is 70.7 Å². The van der Waals surface area contributed by atoms with E-state index in [0.717, 1.165) is 32.4 Å². The molecule has 0 unspecified atom stereocenters. The number of phenolic OH excluding ortho intramolecular Hbond substituents is 1. The second kappa shape index (κ2) is 10.1. The fourth-order valence-electron chi connectivity index (χ4n) is 4.57. The molecule has 7 heteroatoms. The smallest absolute Gasteiger partial charge is 0.164 e. The molecule has 0 atom stereocenters. The van der Waals surface area contributed by atoms with E-state index in [1.54, 1.807) is 30.2 Å². The minimum Gasteiger partial charge on any atom is -0.508 e. The highest BCUT2D eigenvalue weighted by Gasteiger charge is 2.21. The van der Waals surface area contributed by atoms with Crippen molar-refractivity contribution in [1.82, 2.24) is 15.0 Å². The summed E-state index contributed by atoms with van der Waals surface area (Å²) in [6.07, 6.45) is 6.65. The van der Waals surface area contributed by atoms with Gasteiger partial charge in [0.05, 0.1) is 11.1 Å². The predicted molar refractivity (Wildman–Crippen MR) is 144 cm³/mol. The largest absolute Gasteiger partial charge is 0.508 e. The molecule has 0 aliphatic heterocycles. The van der Waals surface area contributed by atoms with Crippen LogP contribution < -0.4 is 10.2 Å². The number of phenols is 1. The van der Waals surface area contributed by atoms with Gasteiger partial charge in [0.1, 0.15) is 17.9 Å². The van der Waals surface area contributed by atoms with Crippen LogP contribution in [0.1, 0.15) is 51.1 Å². The van der Waals surface area contributed by atoms with Gasteiger partial charge in [0.15, 0.2) is 5.65 Å². The van der Waals surface area contributed by atoms with Crippen LogP contribution in [0.25, 0.3) is 11.0 Å². The van der Waals surface area contributed by atoms with Gasteiger partial charge in [-0.05, 0) is 73.4 Å². The number of nitrogens with one attached hydrogen (secondary N) is 1. The normalized spacial score (nSPS) is 14.1. The molecule has 0 spiro atoms. The summed E-state index contributed by atoms with van der Waals surface area (Å²) >= 11 is 1.66. The van der Waals surface area contributed by atoms with Crippen LogP contribution in [-0.2, 0) is 0 Å². The maximum absolute atomic E-state index is 9.68. The molecule has 0 saturated heterocycles. The van der Waals surface area contributed by atoms with Gasteiger partial charge in [0.25, 0.3) is 0 Å². The number of hydrogen-bond donors (Lipinski definition) is 2. The Kier molecular flexibility index (Phi) is 6.77. The van der Waals surface area contributed by atoms with Crippen molar-refractivity contribution in [2.75, 3.05) is 17.3 Å². The van der Waals surface area contributed by atoms with Crippen molar-refractivity contribution in [1.29, 1.82) is 0 Å². The highest BCUT2D eigenvalue weighted by atomic mass is 32.2. The Hall–Kier alpha value is -3.32. The zero-order chi connectivity index (χ0) is 24.4. The minimum atomic E-state index is 0.266. The van der Waals surface area contributed by atoms with E-state index in [-0.39, 0.29) is 5.75 Å². The van der Waals surface area contributed by atoms with Crippen LogP contribution in [0.4, 0.5) is 17.2 Å². The highest BCUT2D eigenvalue weighted by molar-refractivity contribution is 7.99. The lowest BCUT2D eigenvalue weighted by Crippen LogP contribution is -2.28. The Morgan fingerprint density at radius 1 is 1.00 bits per heavy atom. The number of aromatic hydroxyl groups is 1. The second-order valence-electron chi connectivity index (χ2n) is 9.43. The summed E-state index contributed by atoms with van der Waals surface area (Å²) in [7, 11) is 2.19. The molecule has 0 amide bonds. The topological polar surface area (TPSA) is 74.2 Å². The van der Waals surface area contributed by atoms with E-state index < -0.39 is 0 Å². The van der Waals surface area contributed by atoms with Crippen molar-refractivity contribution in [3.05, 3.63) is 66.6 Å². The molecule has 0 bridgehead atoms. The molecule has 5 rings (SSSR count). The van der Waals surface area contributed by atoms with Gasteiger partial charge in [-0.15, -0.1) is 0 Å². The molecule has 2 aromatic heterocycles. The average Bonchev–Trinajstić information content (AvgIpc) is 3.41. The van der Waals surface area contributed by atoms with Gasteiger partial charge in [0, 0.05) is 34.3 Å². The zero-order valence-corrected chi connectivity index (χ0v) is 21.2. The van der Waals surface area contributed by atoms with E-state index in [4.69, 9.17) is 4.98 Å². The van der Waals surface area contributed by atoms with Gasteiger partial charge in [-0.2, -0.15) is 0 Å². The minimum absolute atomic E-state index is 0.266. The number of rotatable bonds is 7. The average molecular weight is 486 g/mol. The summed E-state index contributed by atoms with van der Waals surface area (Å²) in [5.74, 6) is 1.34. The lowest BCUT2D eigenvalue weighted by atomic mass is 10.1. The van der Waals surface area contributed by atoms with Crippen molar-refractivity contribution in [3.8, 4) is 5.75 Å². The molecular formula is C28H31N5OS. The maximum Gasteiger partial charge on any atom is 0.164 e. The first kappa shape index (κ1) is 23.4. The van der Waals surface area contributed by atoms with Crippen LogP contribution in [0.2, 0.25) is 0 Å². The molecular weight excluding hydrogens is 454 g/mol. The lowest BCUT2D eigenvalue weighted by molar-refractivity contribution is 0.475. The third-order valence-corrected chi connectivity index (χ3v) is 7.75. The lowest BCUT2D eigenvalue weighted by Gasteiger charge is -2.27. The Morgan fingerprint density at radius 2 is 1.77 bits per heavy atom. The number of benzene rings is 2. The summed E-state index contributed by atoms with van der Waals surface area (Å²) in [4.78, 5) is 18.3. The number of nitrogens with zero attached hydrogens (tertiary/aromatic N) is 4. The fourth-order valence-corrected chi connectivity index (χ4v) is 5.46. The van der Waals surface area contributed by atoms with Gasteiger partial charge in [-0.1, -0.05) is 38.5 Å². The van der Waals surface area contributed by atoms with Gasteiger partial charge in [-0.25, -0.2) is 15.0 Å².